The molecule has 0 amide bonds. The van der Waals surface area contributed by atoms with Crippen molar-refractivity contribution in [2.24, 2.45) is 5.92 Å². The van der Waals surface area contributed by atoms with E-state index in [1.165, 1.54) is 32.1 Å². The first-order chi connectivity index (χ1) is 8.56. The van der Waals surface area contributed by atoms with E-state index in [-0.39, 0.29) is 5.25 Å². The highest BCUT2D eigenvalue weighted by Crippen LogP contribution is 2.28. The molecule has 0 radical (unpaired) electrons. The van der Waals surface area contributed by atoms with Gasteiger partial charge in [-0.25, -0.2) is 13.1 Å². The zero-order valence-electron chi connectivity index (χ0n) is 11.7. The summed E-state index contributed by atoms with van der Waals surface area (Å²) < 4.78 is 26.5. The zero-order chi connectivity index (χ0) is 13.4. The van der Waals surface area contributed by atoms with Crippen LogP contribution < -0.4 is 10.0 Å². The van der Waals surface area contributed by atoms with Crippen molar-refractivity contribution in [1.29, 1.82) is 0 Å². The molecule has 1 saturated carbocycles. The van der Waals surface area contributed by atoms with E-state index in [2.05, 4.69) is 10.0 Å². The van der Waals surface area contributed by atoms with Gasteiger partial charge in [-0.05, 0) is 32.2 Å². The van der Waals surface area contributed by atoms with Gasteiger partial charge in [0, 0.05) is 13.1 Å². The highest BCUT2D eigenvalue weighted by Gasteiger charge is 2.20. The number of rotatable bonds is 9. The van der Waals surface area contributed by atoms with Crippen molar-refractivity contribution in [3.8, 4) is 0 Å². The fourth-order valence-corrected chi connectivity index (χ4v) is 3.55. The van der Waals surface area contributed by atoms with E-state index in [9.17, 15) is 8.42 Å². The van der Waals surface area contributed by atoms with Gasteiger partial charge in [0.25, 0.3) is 0 Å². The van der Waals surface area contributed by atoms with Crippen LogP contribution in [0.1, 0.15) is 52.4 Å². The van der Waals surface area contributed by atoms with E-state index in [4.69, 9.17) is 0 Å². The summed E-state index contributed by atoms with van der Waals surface area (Å²) in [7, 11) is -3.14. The molecule has 5 heteroatoms. The molecule has 1 atom stereocenters. The summed E-state index contributed by atoms with van der Waals surface area (Å²) in [6.45, 7) is 5.65. The van der Waals surface area contributed by atoms with Crippen molar-refractivity contribution >= 4 is 10.0 Å². The molecule has 18 heavy (non-hydrogen) atoms. The maximum absolute atomic E-state index is 11.9. The summed E-state index contributed by atoms with van der Waals surface area (Å²) in [6, 6.07) is 0. The summed E-state index contributed by atoms with van der Waals surface area (Å²) >= 11 is 0. The molecular formula is C13H28N2O2S. The highest BCUT2D eigenvalue weighted by atomic mass is 32.2. The van der Waals surface area contributed by atoms with Crippen LogP contribution in [0.5, 0.6) is 0 Å². The fraction of sp³-hybridized carbons (Fsp3) is 1.00. The van der Waals surface area contributed by atoms with Gasteiger partial charge in [-0.1, -0.05) is 32.6 Å². The minimum Gasteiger partial charge on any atom is -0.316 e. The van der Waals surface area contributed by atoms with Crippen molar-refractivity contribution in [2.75, 3.05) is 19.6 Å². The van der Waals surface area contributed by atoms with Crippen molar-refractivity contribution in [3.63, 3.8) is 0 Å². The van der Waals surface area contributed by atoms with E-state index in [0.717, 1.165) is 18.9 Å². The van der Waals surface area contributed by atoms with E-state index >= 15 is 0 Å². The van der Waals surface area contributed by atoms with Crippen molar-refractivity contribution in [3.05, 3.63) is 0 Å². The van der Waals surface area contributed by atoms with Crippen LogP contribution in [0.2, 0.25) is 0 Å². The Morgan fingerprint density at radius 3 is 2.56 bits per heavy atom. The SMILES string of the molecule is CCNCC(C)S(=O)(=O)NCCCC1CCCC1. The first-order valence-electron chi connectivity index (χ1n) is 7.25. The Kier molecular flexibility index (Phi) is 7.19. The second kappa shape index (κ2) is 8.12. The molecule has 1 fully saturated rings. The molecule has 0 bridgehead atoms. The average molecular weight is 276 g/mol. The largest absolute Gasteiger partial charge is 0.316 e. The van der Waals surface area contributed by atoms with Gasteiger partial charge in [-0.15, -0.1) is 0 Å². The Bertz CT molecular complexity index is 311. The summed E-state index contributed by atoms with van der Waals surface area (Å²) in [5, 5.41) is 2.71. The van der Waals surface area contributed by atoms with Crippen LogP contribution in [-0.4, -0.2) is 33.3 Å². The van der Waals surface area contributed by atoms with Crippen LogP contribution in [0.4, 0.5) is 0 Å². The van der Waals surface area contributed by atoms with Gasteiger partial charge in [0.2, 0.25) is 10.0 Å². The molecule has 0 saturated heterocycles. The highest BCUT2D eigenvalue weighted by molar-refractivity contribution is 7.90. The standard InChI is InChI=1S/C13H28N2O2S/c1-3-14-11-12(2)18(16,17)15-10-6-9-13-7-4-5-8-13/h12-15H,3-11H2,1-2H3. The molecule has 2 N–H and O–H groups in total. The first kappa shape index (κ1) is 15.9. The van der Waals surface area contributed by atoms with Gasteiger partial charge in [0.05, 0.1) is 5.25 Å². The van der Waals surface area contributed by atoms with Gasteiger partial charge in [-0.3, -0.25) is 0 Å². The number of nitrogens with one attached hydrogen (secondary N) is 2. The van der Waals surface area contributed by atoms with Crippen molar-refractivity contribution in [2.45, 2.75) is 57.6 Å². The van der Waals surface area contributed by atoms with Crippen LogP contribution in [-0.2, 0) is 10.0 Å². The third-order valence-corrected chi connectivity index (χ3v) is 5.61. The maximum Gasteiger partial charge on any atom is 0.215 e. The van der Waals surface area contributed by atoms with Crippen LogP contribution >= 0.6 is 0 Å². The van der Waals surface area contributed by atoms with E-state index in [0.29, 0.717) is 13.1 Å². The average Bonchev–Trinajstić information content (AvgIpc) is 2.84. The van der Waals surface area contributed by atoms with Crippen molar-refractivity contribution < 1.29 is 8.42 Å². The predicted octanol–water partition coefficient (Wildman–Crippen LogP) is 1.87. The lowest BCUT2D eigenvalue weighted by Gasteiger charge is -2.15. The Balaban J connectivity index is 2.15. The first-order valence-corrected chi connectivity index (χ1v) is 8.80. The Hall–Kier alpha value is -0.130. The molecule has 1 rings (SSSR count). The third-order valence-electron chi connectivity index (χ3n) is 3.78. The quantitative estimate of drug-likeness (QED) is 0.632. The second-order valence-corrected chi connectivity index (χ2v) is 7.53. The molecule has 4 nitrogen and oxygen atoms in total. The Labute approximate surface area is 112 Å². The Morgan fingerprint density at radius 2 is 1.94 bits per heavy atom. The smallest absolute Gasteiger partial charge is 0.215 e. The van der Waals surface area contributed by atoms with E-state index in [1.807, 2.05) is 6.92 Å². The number of hydrogen-bond acceptors (Lipinski definition) is 3. The molecule has 0 aromatic carbocycles. The fourth-order valence-electron chi connectivity index (χ4n) is 2.50. The molecule has 0 spiro atoms. The van der Waals surface area contributed by atoms with Gasteiger partial charge in [-0.2, -0.15) is 0 Å². The molecule has 0 aliphatic heterocycles. The molecule has 1 aliphatic rings. The lowest BCUT2D eigenvalue weighted by Crippen LogP contribution is -2.39. The van der Waals surface area contributed by atoms with Crippen LogP contribution in [0, 0.1) is 5.92 Å². The summed E-state index contributed by atoms with van der Waals surface area (Å²) in [5.41, 5.74) is 0. The van der Waals surface area contributed by atoms with Crippen LogP contribution in [0.25, 0.3) is 0 Å². The minimum absolute atomic E-state index is 0.357. The molecule has 0 heterocycles. The van der Waals surface area contributed by atoms with Crippen molar-refractivity contribution in [1.82, 2.24) is 10.0 Å². The number of sulfonamides is 1. The Morgan fingerprint density at radius 1 is 1.28 bits per heavy atom. The molecule has 1 unspecified atom stereocenters. The summed E-state index contributed by atoms with van der Waals surface area (Å²) in [5.74, 6) is 0.841. The summed E-state index contributed by atoms with van der Waals surface area (Å²) in [6.07, 6.45) is 7.53. The van der Waals surface area contributed by atoms with Gasteiger partial charge < -0.3 is 5.32 Å². The van der Waals surface area contributed by atoms with Gasteiger partial charge >= 0.3 is 0 Å². The lowest BCUT2D eigenvalue weighted by atomic mass is 10.0. The van der Waals surface area contributed by atoms with Gasteiger partial charge in [0.1, 0.15) is 0 Å². The maximum atomic E-state index is 11.9. The third kappa shape index (κ3) is 5.67. The second-order valence-electron chi connectivity index (χ2n) is 5.35. The molecule has 0 aromatic heterocycles. The monoisotopic (exact) mass is 276 g/mol. The van der Waals surface area contributed by atoms with Gasteiger partial charge in [0.15, 0.2) is 0 Å². The predicted molar refractivity (Wildman–Crippen MR) is 76.1 cm³/mol. The topological polar surface area (TPSA) is 58.2 Å². The summed E-state index contributed by atoms with van der Waals surface area (Å²) in [4.78, 5) is 0. The van der Waals surface area contributed by atoms with Crippen LogP contribution in [0.15, 0.2) is 0 Å². The van der Waals surface area contributed by atoms with E-state index in [1.54, 1.807) is 6.92 Å². The molecule has 1 aliphatic carbocycles. The minimum atomic E-state index is -3.14. The lowest BCUT2D eigenvalue weighted by molar-refractivity contribution is 0.479. The van der Waals surface area contributed by atoms with Crippen LogP contribution in [0.3, 0.4) is 0 Å². The molecular weight excluding hydrogens is 248 g/mol. The molecule has 0 aromatic rings. The zero-order valence-corrected chi connectivity index (χ0v) is 12.6. The van der Waals surface area contributed by atoms with E-state index < -0.39 is 10.0 Å². The molecule has 108 valence electrons. The number of hydrogen-bond donors (Lipinski definition) is 2. The normalized spacial score (nSPS) is 19.2.